The van der Waals surface area contributed by atoms with Crippen molar-refractivity contribution in [3.8, 4) is 0 Å². The predicted molar refractivity (Wildman–Crippen MR) is 61.3 cm³/mol. The minimum absolute atomic E-state index is 0.0404. The van der Waals surface area contributed by atoms with Crippen LogP contribution in [0.25, 0.3) is 0 Å². The normalized spacial score (nSPS) is 9.92. The Bertz CT molecular complexity index is 338. The Hall–Kier alpha value is -0.100. The van der Waals surface area contributed by atoms with Crippen LogP contribution in [-0.2, 0) is 0 Å². The second-order valence-electron chi connectivity index (χ2n) is 2.38. The number of ketones is 1. The van der Waals surface area contributed by atoms with Crippen LogP contribution >= 0.6 is 38.5 Å². The molecule has 4 heteroatoms. The second kappa shape index (κ2) is 3.74. The molecule has 0 saturated heterocycles. The van der Waals surface area contributed by atoms with E-state index < -0.39 is 0 Å². The van der Waals surface area contributed by atoms with Gasteiger partial charge in [-0.2, -0.15) is 0 Å². The van der Waals surface area contributed by atoms with E-state index >= 15 is 0 Å². The molecular weight excluding hydrogens is 333 g/mol. The van der Waals surface area contributed by atoms with E-state index in [1.54, 1.807) is 12.1 Å². The van der Waals surface area contributed by atoms with Gasteiger partial charge in [-0.05, 0) is 57.6 Å². The van der Waals surface area contributed by atoms with Crippen molar-refractivity contribution in [1.29, 1.82) is 0 Å². The number of hydrogen-bond acceptors (Lipinski definition) is 2. The average molecular weight is 340 g/mol. The van der Waals surface area contributed by atoms with E-state index in [1.807, 2.05) is 0 Å². The number of anilines is 1. The smallest absolute Gasteiger partial charge is 0.160 e. The van der Waals surface area contributed by atoms with Crippen LogP contribution < -0.4 is 5.73 Å². The third-order valence-corrected chi connectivity index (χ3v) is 3.36. The summed E-state index contributed by atoms with van der Waals surface area (Å²) in [6, 6.07) is 3.55. The second-order valence-corrected chi connectivity index (χ2v) is 4.31. The highest BCUT2D eigenvalue weighted by Crippen LogP contribution is 2.27. The van der Waals surface area contributed by atoms with Crippen molar-refractivity contribution in [3.05, 3.63) is 25.7 Å². The van der Waals surface area contributed by atoms with E-state index in [1.165, 1.54) is 6.92 Å². The van der Waals surface area contributed by atoms with Gasteiger partial charge in [0.05, 0.1) is 5.69 Å². The summed E-state index contributed by atoms with van der Waals surface area (Å²) >= 11 is 5.36. The summed E-state index contributed by atoms with van der Waals surface area (Å²) in [6.07, 6.45) is 0. The van der Waals surface area contributed by atoms with Gasteiger partial charge < -0.3 is 5.73 Å². The van der Waals surface area contributed by atoms with Gasteiger partial charge in [0.25, 0.3) is 0 Å². The number of Topliss-reactive ketones (excluding diaryl/α,β-unsaturated/α-hetero) is 1. The molecule has 2 nitrogen and oxygen atoms in total. The number of hydrogen-bond donors (Lipinski definition) is 1. The van der Waals surface area contributed by atoms with Crippen molar-refractivity contribution in [2.75, 3.05) is 5.73 Å². The molecule has 2 N–H and O–H groups in total. The molecule has 0 atom stereocenters. The monoisotopic (exact) mass is 339 g/mol. The first-order valence-electron chi connectivity index (χ1n) is 3.28. The largest absolute Gasteiger partial charge is 0.397 e. The minimum atomic E-state index is 0.0404. The van der Waals surface area contributed by atoms with E-state index in [0.29, 0.717) is 11.3 Å². The molecule has 0 bridgehead atoms. The Morgan fingerprint density at radius 3 is 2.67 bits per heavy atom. The highest BCUT2D eigenvalue weighted by molar-refractivity contribution is 14.1. The van der Waals surface area contributed by atoms with Crippen molar-refractivity contribution in [1.82, 2.24) is 0 Å². The molecule has 12 heavy (non-hydrogen) atoms. The predicted octanol–water partition coefficient (Wildman–Crippen LogP) is 2.84. The molecule has 0 aliphatic rings. The minimum Gasteiger partial charge on any atom is -0.397 e. The van der Waals surface area contributed by atoms with E-state index in [9.17, 15) is 4.79 Å². The fourth-order valence-electron chi connectivity index (χ4n) is 0.841. The van der Waals surface area contributed by atoms with E-state index in [0.717, 1.165) is 8.04 Å². The Kier molecular flexibility index (Phi) is 3.11. The average Bonchev–Trinajstić information content (AvgIpc) is 2.00. The van der Waals surface area contributed by atoms with Crippen LogP contribution in [0.1, 0.15) is 17.3 Å². The summed E-state index contributed by atoms with van der Waals surface area (Å²) in [7, 11) is 0. The number of carbonyl (C=O) groups excluding carboxylic acids is 1. The molecule has 0 saturated carbocycles. The Labute approximate surface area is 92.8 Å². The number of carbonyl (C=O) groups is 1. The summed E-state index contributed by atoms with van der Waals surface area (Å²) in [6.45, 7) is 1.53. The lowest BCUT2D eigenvalue weighted by molar-refractivity contribution is 0.101. The molecule has 0 unspecified atom stereocenters. The maximum atomic E-state index is 11.1. The van der Waals surface area contributed by atoms with Crippen molar-refractivity contribution >= 4 is 50.0 Å². The van der Waals surface area contributed by atoms with E-state index in [4.69, 9.17) is 5.73 Å². The van der Waals surface area contributed by atoms with Gasteiger partial charge in [-0.25, -0.2) is 0 Å². The zero-order valence-corrected chi connectivity index (χ0v) is 10.1. The summed E-state index contributed by atoms with van der Waals surface area (Å²) in [5, 5.41) is 0. The van der Waals surface area contributed by atoms with Crippen molar-refractivity contribution in [3.63, 3.8) is 0 Å². The fourth-order valence-corrected chi connectivity index (χ4v) is 2.39. The molecule has 1 aromatic carbocycles. The van der Waals surface area contributed by atoms with Crippen LogP contribution in [0, 0.1) is 3.57 Å². The molecule has 0 amide bonds. The molecule has 0 spiro atoms. The van der Waals surface area contributed by atoms with Gasteiger partial charge in [0, 0.05) is 13.6 Å². The molecule has 0 aromatic heterocycles. The Balaban J connectivity index is 3.36. The molecule has 1 rings (SSSR count). The number of rotatable bonds is 1. The molecule has 1 aromatic rings. The lowest BCUT2D eigenvalue weighted by atomic mass is 10.1. The van der Waals surface area contributed by atoms with Crippen LogP contribution in [0.5, 0.6) is 0 Å². The zero-order valence-electron chi connectivity index (χ0n) is 6.40. The van der Waals surface area contributed by atoms with Crippen molar-refractivity contribution < 1.29 is 4.79 Å². The molecule has 64 valence electrons. The third kappa shape index (κ3) is 1.80. The van der Waals surface area contributed by atoms with Gasteiger partial charge in [0.1, 0.15) is 0 Å². The first kappa shape index (κ1) is 9.98. The SMILES string of the molecule is CC(=O)c1ccc(Br)c(N)c1I. The summed E-state index contributed by atoms with van der Waals surface area (Å²) in [5.74, 6) is 0.0404. The number of benzene rings is 1. The molecule has 0 heterocycles. The van der Waals surface area contributed by atoms with Gasteiger partial charge in [-0.3, -0.25) is 4.79 Å². The summed E-state index contributed by atoms with van der Waals surface area (Å²) in [4.78, 5) is 11.1. The zero-order chi connectivity index (χ0) is 9.30. The Morgan fingerprint density at radius 2 is 2.17 bits per heavy atom. The first-order valence-corrected chi connectivity index (χ1v) is 5.15. The number of nitrogen functional groups attached to an aromatic ring is 1. The highest BCUT2D eigenvalue weighted by Gasteiger charge is 2.09. The standard InChI is InChI=1S/C8H7BrINO/c1-4(12)5-2-3-6(9)8(11)7(5)10/h2-3H,11H2,1H3. The maximum Gasteiger partial charge on any atom is 0.160 e. The fraction of sp³-hybridized carbons (Fsp3) is 0.125. The maximum absolute atomic E-state index is 11.1. The van der Waals surface area contributed by atoms with Crippen LogP contribution in [0.3, 0.4) is 0 Å². The number of nitrogens with two attached hydrogens (primary N) is 1. The van der Waals surface area contributed by atoms with Gasteiger partial charge in [0.2, 0.25) is 0 Å². The van der Waals surface area contributed by atoms with Crippen LogP contribution in [-0.4, -0.2) is 5.78 Å². The van der Waals surface area contributed by atoms with Gasteiger partial charge >= 0.3 is 0 Å². The topological polar surface area (TPSA) is 43.1 Å². The van der Waals surface area contributed by atoms with E-state index in [-0.39, 0.29) is 5.78 Å². The van der Waals surface area contributed by atoms with E-state index in [2.05, 4.69) is 38.5 Å². The van der Waals surface area contributed by atoms with Crippen molar-refractivity contribution in [2.24, 2.45) is 0 Å². The summed E-state index contributed by atoms with van der Waals surface area (Å²) < 4.78 is 1.64. The van der Waals surface area contributed by atoms with Crippen LogP contribution in [0.2, 0.25) is 0 Å². The molecule has 0 aliphatic heterocycles. The molecule has 0 fully saturated rings. The molecule has 0 aliphatic carbocycles. The number of halogens is 2. The van der Waals surface area contributed by atoms with Crippen LogP contribution in [0.15, 0.2) is 16.6 Å². The van der Waals surface area contributed by atoms with Crippen LogP contribution in [0.4, 0.5) is 5.69 Å². The molecular formula is C8H7BrINO. The first-order chi connectivity index (χ1) is 5.54. The Morgan fingerprint density at radius 1 is 1.58 bits per heavy atom. The van der Waals surface area contributed by atoms with Crippen molar-refractivity contribution in [2.45, 2.75) is 6.92 Å². The van der Waals surface area contributed by atoms with Gasteiger partial charge in [-0.1, -0.05) is 0 Å². The molecule has 0 radical (unpaired) electrons. The summed E-state index contributed by atoms with van der Waals surface area (Å²) in [5.41, 5.74) is 7.02. The highest BCUT2D eigenvalue weighted by atomic mass is 127. The lowest BCUT2D eigenvalue weighted by Crippen LogP contribution is -2.00. The quantitative estimate of drug-likeness (QED) is 0.485. The third-order valence-electron chi connectivity index (χ3n) is 1.51. The van der Waals surface area contributed by atoms with Gasteiger partial charge in [-0.15, -0.1) is 0 Å². The lowest BCUT2D eigenvalue weighted by Gasteiger charge is -2.04. The van der Waals surface area contributed by atoms with Gasteiger partial charge in [0.15, 0.2) is 5.78 Å².